The van der Waals surface area contributed by atoms with E-state index in [1.54, 1.807) is 6.07 Å². The Kier molecular flexibility index (Phi) is 5.34. The lowest BCUT2D eigenvalue weighted by Gasteiger charge is -2.32. The Morgan fingerprint density at radius 3 is 2.45 bits per heavy atom. The van der Waals surface area contributed by atoms with E-state index in [0.29, 0.717) is 0 Å². The van der Waals surface area contributed by atoms with Crippen molar-refractivity contribution in [2.45, 2.75) is 19.5 Å². The number of hydrazine groups is 1. The molecule has 0 aliphatic carbocycles. The van der Waals surface area contributed by atoms with Gasteiger partial charge in [0.15, 0.2) is 0 Å². The summed E-state index contributed by atoms with van der Waals surface area (Å²) in [5.41, 5.74) is -0.169. The average Bonchev–Trinajstić information content (AvgIpc) is 2.45. The maximum atomic E-state index is 12.6. The molecule has 1 rings (SSSR count). The first-order valence-corrected chi connectivity index (χ1v) is 6.14. The fraction of sp³-hybridized carbons (Fsp3) is 0.308. The Morgan fingerprint density at radius 1 is 1.36 bits per heavy atom. The highest BCUT2D eigenvalue weighted by Crippen LogP contribution is 2.24. The molecule has 0 saturated heterocycles. The molecule has 0 radical (unpaired) electrons. The first-order chi connectivity index (χ1) is 10.2. The van der Waals surface area contributed by atoms with Gasteiger partial charge in [-0.05, 0) is 24.6 Å². The first-order valence-electron chi connectivity index (χ1n) is 6.14. The van der Waals surface area contributed by atoms with Crippen LogP contribution in [0.5, 0.6) is 0 Å². The number of carbonyl (C=O) groups is 2. The van der Waals surface area contributed by atoms with Gasteiger partial charge in [0, 0.05) is 6.54 Å². The molecular formula is C13H12F3N3O3. The van der Waals surface area contributed by atoms with E-state index in [0.717, 1.165) is 6.07 Å². The molecule has 1 aromatic rings. The number of anilines is 1. The van der Waals surface area contributed by atoms with E-state index in [9.17, 15) is 27.9 Å². The molecule has 22 heavy (non-hydrogen) atoms. The van der Waals surface area contributed by atoms with E-state index in [-0.39, 0.29) is 27.7 Å². The van der Waals surface area contributed by atoms with Crippen LogP contribution in [0, 0.1) is 11.3 Å². The third kappa shape index (κ3) is 3.88. The molecule has 0 fully saturated rings. The Hall–Kier alpha value is -2.76. The van der Waals surface area contributed by atoms with Crippen molar-refractivity contribution >= 4 is 17.7 Å². The number of nitrogens with zero attached hydrogens (tertiary/aromatic N) is 3. The van der Waals surface area contributed by atoms with Gasteiger partial charge in [0.05, 0.1) is 17.3 Å². The summed E-state index contributed by atoms with van der Waals surface area (Å²) in [6.07, 6.45) is -6.86. The normalized spacial score (nSPS) is 10.7. The minimum atomic E-state index is -5.21. The maximum absolute atomic E-state index is 12.6. The SMILES string of the molecule is CCCN(C(=O)C(F)(F)F)N(C(=O)O)c1cccc(C#N)c1. The van der Waals surface area contributed by atoms with Gasteiger partial charge in [-0.3, -0.25) is 4.79 Å². The van der Waals surface area contributed by atoms with Crippen LogP contribution in [0.2, 0.25) is 0 Å². The number of hydrogen-bond acceptors (Lipinski definition) is 3. The fourth-order valence-electron chi connectivity index (χ4n) is 1.71. The third-order valence-electron chi connectivity index (χ3n) is 2.55. The van der Waals surface area contributed by atoms with Crippen LogP contribution in [0.4, 0.5) is 23.7 Å². The number of rotatable bonds is 3. The summed E-state index contributed by atoms with van der Waals surface area (Å²) in [6, 6.07) is 6.70. The highest BCUT2D eigenvalue weighted by molar-refractivity contribution is 5.93. The second-order valence-corrected chi connectivity index (χ2v) is 4.18. The molecule has 0 unspecified atom stereocenters. The lowest BCUT2D eigenvalue weighted by molar-refractivity contribution is -0.185. The van der Waals surface area contributed by atoms with Gasteiger partial charge in [-0.1, -0.05) is 13.0 Å². The topological polar surface area (TPSA) is 84.6 Å². The lowest BCUT2D eigenvalue weighted by Crippen LogP contribution is -2.54. The second kappa shape index (κ2) is 6.80. The van der Waals surface area contributed by atoms with E-state index in [1.807, 2.05) is 0 Å². The van der Waals surface area contributed by atoms with Gasteiger partial charge in [0.1, 0.15) is 0 Å². The first kappa shape index (κ1) is 17.3. The molecule has 1 aromatic carbocycles. The van der Waals surface area contributed by atoms with Gasteiger partial charge >= 0.3 is 18.2 Å². The molecule has 0 bridgehead atoms. The molecule has 118 valence electrons. The largest absolute Gasteiger partial charge is 0.473 e. The Labute approximate surface area is 123 Å². The smallest absolute Gasteiger partial charge is 0.463 e. The summed E-state index contributed by atoms with van der Waals surface area (Å²) in [6.45, 7) is 1.06. The van der Waals surface area contributed by atoms with Gasteiger partial charge in [-0.15, -0.1) is 0 Å². The summed E-state index contributed by atoms with van der Waals surface area (Å²) in [4.78, 5) is 22.8. The van der Waals surface area contributed by atoms with Crippen molar-refractivity contribution in [1.29, 1.82) is 5.26 Å². The number of hydrogen-bond donors (Lipinski definition) is 1. The van der Waals surface area contributed by atoms with Crippen molar-refractivity contribution < 1.29 is 27.9 Å². The number of benzene rings is 1. The number of alkyl halides is 3. The number of halogens is 3. The minimum Gasteiger partial charge on any atom is -0.463 e. The Morgan fingerprint density at radius 2 is 2.00 bits per heavy atom. The summed E-state index contributed by atoms with van der Waals surface area (Å²) in [5.74, 6) is -2.29. The van der Waals surface area contributed by atoms with Crippen molar-refractivity contribution in [2.24, 2.45) is 0 Å². The molecule has 0 aliphatic rings. The minimum absolute atomic E-state index is 0.0552. The van der Waals surface area contributed by atoms with Crippen LogP contribution in [-0.2, 0) is 4.79 Å². The number of carboxylic acid groups (broad SMARTS) is 1. The van der Waals surface area contributed by atoms with Crippen LogP contribution in [-0.4, -0.2) is 34.8 Å². The van der Waals surface area contributed by atoms with Crippen molar-refractivity contribution in [3.63, 3.8) is 0 Å². The van der Waals surface area contributed by atoms with Crippen LogP contribution in [0.1, 0.15) is 18.9 Å². The Bertz CT molecular complexity index is 611. The van der Waals surface area contributed by atoms with E-state index in [4.69, 9.17) is 5.26 Å². The molecule has 9 heteroatoms. The number of nitriles is 1. The fourth-order valence-corrected chi connectivity index (χ4v) is 1.71. The Balaban J connectivity index is 3.34. The number of carbonyl (C=O) groups excluding carboxylic acids is 1. The molecular weight excluding hydrogens is 303 g/mol. The molecule has 0 saturated carbocycles. The molecule has 0 aliphatic heterocycles. The summed E-state index contributed by atoms with van der Waals surface area (Å²) in [7, 11) is 0. The van der Waals surface area contributed by atoms with Crippen molar-refractivity contribution in [1.82, 2.24) is 5.01 Å². The van der Waals surface area contributed by atoms with E-state index >= 15 is 0 Å². The summed E-state index contributed by atoms with van der Waals surface area (Å²) < 4.78 is 37.9. The molecule has 0 atom stereocenters. The van der Waals surface area contributed by atoms with Crippen LogP contribution in [0.3, 0.4) is 0 Å². The van der Waals surface area contributed by atoms with Gasteiger partial charge in [0.25, 0.3) is 0 Å². The molecule has 1 N–H and O–H groups in total. The quantitative estimate of drug-likeness (QED) is 0.869. The number of amides is 2. The molecule has 6 nitrogen and oxygen atoms in total. The van der Waals surface area contributed by atoms with Crippen LogP contribution < -0.4 is 5.01 Å². The van der Waals surface area contributed by atoms with Gasteiger partial charge in [0.2, 0.25) is 0 Å². The molecule has 2 amide bonds. The predicted octanol–water partition coefficient (Wildman–Crippen LogP) is 2.76. The van der Waals surface area contributed by atoms with E-state index < -0.39 is 24.7 Å². The van der Waals surface area contributed by atoms with Crippen LogP contribution in [0.15, 0.2) is 24.3 Å². The molecule has 0 aromatic heterocycles. The zero-order chi connectivity index (χ0) is 16.9. The monoisotopic (exact) mass is 315 g/mol. The van der Waals surface area contributed by atoms with E-state index in [2.05, 4.69) is 0 Å². The third-order valence-corrected chi connectivity index (χ3v) is 2.55. The highest BCUT2D eigenvalue weighted by Gasteiger charge is 2.45. The standard InChI is InChI=1S/C13H12F3N3O3/c1-2-6-18(11(20)13(14,15)16)19(12(21)22)10-5-3-4-9(7-10)8-17/h3-5,7H,2,6H2,1H3,(H,21,22). The van der Waals surface area contributed by atoms with Gasteiger partial charge in [-0.2, -0.15) is 23.4 Å². The lowest BCUT2D eigenvalue weighted by atomic mass is 10.2. The van der Waals surface area contributed by atoms with Gasteiger partial charge < -0.3 is 5.11 Å². The van der Waals surface area contributed by atoms with Crippen molar-refractivity contribution in [3.05, 3.63) is 29.8 Å². The zero-order valence-electron chi connectivity index (χ0n) is 11.5. The highest BCUT2D eigenvalue weighted by atomic mass is 19.4. The predicted molar refractivity (Wildman–Crippen MR) is 69.7 cm³/mol. The van der Waals surface area contributed by atoms with Gasteiger partial charge in [-0.25, -0.2) is 9.80 Å². The summed E-state index contributed by atoms with van der Waals surface area (Å²) >= 11 is 0. The van der Waals surface area contributed by atoms with Crippen LogP contribution >= 0.6 is 0 Å². The average molecular weight is 315 g/mol. The second-order valence-electron chi connectivity index (χ2n) is 4.18. The van der Waals surface area contributed by atoms with Crippen molar-refractivity contribution in [2.75, 3.05) is 11.6 Å². The van der Waals surface area contributed by atoms with E-state index in [1.165, 1.54) is 25.1 Å². The maximum Gasteiger partial charge on any atom is 0.473 e. The van der Waals surface area contributed by atoms with Crippen LogP contribution in [0.25, 0.3) is 0 Å². The zero-order valence-corrected chi connectivity index (χ0v) is 11.5. The molecule has 0 heterocycles. The molecule has 0 spiro atoms. The summed E-state index contributed by atoms with van der Waals surface area (Å²) in [5, 5.41) is 18.3. The van der Waals surface area contributed by atoms with Crippen molar-refractivity contribution in [3.8, 4) is 6.07 Å².